The highest BCUT2D eigenvalue weighted by atomic mass is 19.1. The molecule has 1 rings (SSSR count). The van der Waals surface area contributed by atoms with Crippen molar-refractivity contribution in [1.82, 2.24) is 4.90 Å². The van der Waals surface area contributed by atoms with E-state index >= 15 is 0 Å². The Kier molecular flexibility index (Phi) is 5.03. The topological polar surface area (TPSA) is 46.3 Å². The molecule has 0 saturated carbocycles. The summed E-state index contributed by atoms with van der Waals surface area (Å²) >= 11 is 0. The molecule has 5 heteroatoms. The van der Waals surface area contributed by atoms with Crippen LogP contribution in [0.25, 0.3) is 0 Å². The predicted molar refractivity (Wildman–Crippen MR) is 61.1 cm³/mol. The van der Waals surface area contributed by atoms with Crippen LogP contribution in [0.5, 0.6) is 0 Å². The molecule has 0 aliphatic rings. The van der Waals surface area contributed by atoms with Crippen LogP contribution >= 0.6 is 0 Å². The highest BCUT2D eigenvalue weighted by Crippen LogP contribution is 2.12. The molecule has 0 fully saturated rings. The van der Waals surface area contributed by atoms with E-state index in [2.05, 4.69) is 0 Å². The highest BCUT2D eigenvalue weighted by Gasteiger charge is 2.11. The normalized spacial score (nSPS) is 10.4. The van der Waals surface area contributed by atoms with Crippen molar-refractivity contribution in [2.45, 2.75) is 19.4 Å². The molecule has 0 aromatic heterocycles. The molecule has 3 nitrogen and oxygen atoms in total. The lowest BCUT2D eigenvalue weighted by atomic mass is 10.2. The van der Waals surface area contributed by atoms with Gasteiger partial charge in [-0.3, -0.25) is 4.79 Å². The summed E-state index contributed by atoms with van der Waals surface area (Å²) < 4.78 is 26.0. The molecule has 1 aromatic rings. The zero-order valence-electron chi connectivity index (χ0n) is 9.75. The van der Waals surface area contributed by atoms with E-state index in [0.717, 1.165) is 6.07 Å². The van der Waals surface area contributed by atoms with Crippen LogP contribution in [0.15, 0.2) is 18.2 Å². The summed E-state index contributed by atoms with van der Waals surface area (Å²) in [5.74, 6) is -1.36. The van der Waals surface area contributed by atoms with Gasteiger partial charge in [-0.15, -0.1) is 0 Å². The molecule has 0 aliphatic heterocycles. The summed E-state index contributed by atoms with van der Waals surface area (Å²) in [6.45, 7) is 0.583. The molecule has 0 radical (unpaired) electrons. The minimum atomic E-state index is -0.636. The molecule has 0 bridgehead atoms. The number of halogens is 2. The lowest BCUT2D eigenvalue weighted by Gasteiger charge is -2.17. The van der Waals surface area contributed by atoms with E-state index in [0.29, 0.717) is 24.9 Å². The average Bonchev–Trinajstić information content (AvgIpc) is 2.29. The second-order valence-corrected chi connectivity index (χ2v) is 3.88. The quantitative estimate of drug-likeness (QED) is 0.853. The Morgan fingerprint density at radius 2 is 2.12 bits per heavy atom. The lowest BCUT2D eigenvalue weighted by Crippen LogP contribution is -2.26. The van der Waals surface area contributed by atoms with Crippen molar-refractivity contribution in [3.63, 3.8) is 0 Å². The van der Waals surface area contributed by atoms with Crippen molar-refractivity contribution >= 4 is 5.91 Å². The van der Waals surface area contributed by atoms with Crippen molar-refractivity contribution in [1.29, 1.82) is 0 Å². The first-order valence-electron chi connectivity index (χ1n) is 5.42. The summed E-state index contributed by atoms with van der Waals surface area (Å²) in [5.41, 5.74) is 5.60. The van der Waals surface area contributed by atoms with Crippen molar-refractivity contribution in [2.75, 3.05) is 13.6 Å². The average molecular weight is 242 g/mol. The molecule has 1 amide bonds. The molecule has 0 atom stereocenters. The van der Waals surface area contributed by atoms with E-state index in [1.54, 1.807) is 7.05 Å². The largest absolute Gasteiger partial charge is 0.341 e. The van der Waals surface area contributed by atoms with Crippen LogP contribution in [0.2, 0.25) is 0 Å². The number of hydrogen-bond acceptors (Lipinski definition) is 2. The summed E-state index contributed by atoms with van der Waals surface area (Å²) in [5, 5.41) is 0. The van der Waals surface area contributed by atoms with Gasteiger partial charge >= 0.3 is 0 Å². The Bertz CT molecular complexity index is 396. The molecule has 0 unspecified atom stereocenters. The maximum absolute atomic E-state index is 13.3. The standard InChI is InChI=1S/C12H16F2N2O/c1-16(12(17)3-2-6-15)8-9-4-5-10(13)7-11(9)14/h4-5,7H,2-3,6,8,15H2,1H3. The van der Waals surface area contributed by atoms with Crippen LogP contribution in [0.3, 0.4) is 0 Å². The first-order chi connectivity index (χ1) is 8.04. The second-order valence-electron chi connectivity index (χ2n) is 3.88. The van der Waals surface area contributed by atoms with Gasteiger partial charge in [-0.1, -0.05) is 6.07 Å². The fourth-order valence-electron chi connectivity index (χ4n) is 1.44. The summed E-state index contributed by atoms with van der Waals surface area (Å²) in [6.07, 6.45) is 0.949. The summed E-state index contributed by atoms with van der Waals surface area (Å²) in [6, 6.07) is 3.33. The maximum Gasteiger partial charge on any atom is 0.222 e. The molecular formula is C12H16F2N2O. The molecule has 0 saturated heterocycles. The fourth-order valence-corrected chi connectivity index (χ4v) is 1.44. The van der Waals surface area contributed by atoms with Crippen LogP contribution in [-0.2, 0) is 11.3 Å². The van der Waals surface area contributed by atoms with Crippen LogP contribution in [0, 0.1) is 11.6 Å². The number of hydrogen-bond donors (Lipinski definition) is 1. The van der Waals surface area contributed by atoms with E-state index in [9.17, 15) is 13.6 Å². The molecule has 94 valence electrons. The summed E-state index contributed by atoms with van der Waals surface area (Å²) in [7, 11) is 1.58. The Balaban J connectivity index is 2.61. The third-order valence-electron chi connectivity index (χ3n) is 2.44. The van der Waals surface area contributed by atoms with E-state index < -0.39 is 11.6 Å². The van der Waals surface area contributed by atoms with Gasteiger partial charge in [0, 0.05) is 31.6 Å². The van der Waals surface area contributed by atoms with Gasteiger partial charge in [0.2, 0.25) is 5.91 Å². The van der Waals surface area contributed by atoms with Gasteiger partial charge in [-0.05, 0) is 19.0 Å². The monoisotopic (exact) mass is 242 g/mol. The van der Waals surface area contributed by atoms with Gasteiger partial charge in [-0.2, -0.15) is 0 Å². The Morgan fingerprint density at radius 1 is 1.41 bits per heavy atom. The molecule has 0 heterocycles. The second kappa shape index (κ2) is 6.30. The SMILES string of the molecule is CN(Cc1ccc(F)cc1F)C(=O)CCCN. The van der Waals surface area contributed by atoms with Crippen LogP contribution in [0.1, 0.15) is 18.4 Å². The third-order valence-corrected chi connectivity index (χ3v) is 2.44. The van der Waals surface area contributed by atoms with Crippen LogP contribution in [-0.4, -0.2) is 24.4 Å². The van der Waals surface area contributed by atoms with Crippen LogP contribution < -0.4 is 5.73 Å². The zero-order valence-corrected chi connectivity index (χ0v) is 9.75. The number of amides is 1. The maximum atomic E-state index is 13.3. The van der Waals surface area contributed by atoms with Gasteiger partial charge in [0.15, 0.2) is 0 Å². The van der Waals surface area contributed by atoms with Gasteiger partial charge in [-0.25, -0.2) is 8.78 Å². The third kappa shape index (κ3) is 4.11. The van der Waals surface area contributed by atoms with Gasteiger partial charge in [0.05, 0.1) is 0 Å². The Hall–Kier alpha value is -1.49. The number of carbonyl (C=O) groups excluding carboxylic acids is 1. The van der Waals surface area contributed by atoms with Crippen molar-refractivity contribution in [2.24, 2.45) is 5.73 Å². The van der Waals surface area contributed by atoms with Gasteiger partial charge in [0.1, 0.15) is 11.6 Å². The van der Waals surface area contributed by atoms with E-state index in [1.807, 2.05) is 0 Å². The van der Waals surface area contributed by atoms with Crippen molar-refractivity contribution in [3.05, 3.63) is 35.4 Å². The molecule has 0 spiro atoms. The van der Waals surface area contributed by atoms with Gasteiger partial charge < -0.3 is 10.6 Å². The summed E-state index contributed by atoms with van der Waals surface area (Å²) in [4.78, 5) is 13.0. The Morgan fingerprint density at radius 3 is 2.71 bits per heavy atom. The van der Waals surface area contributed by atoms with Crippen LogP contribution in [0.4, 0.5) is 8.78 Å². The number of nitrogens with two attached hydrogens (primary N) is 1. The number of rotatable bonds is 5. The highest BCUT2D eigenvalue weighted by molar-refractivity contribution is 5.75. The molecule has 0 aliphatic carbocycles. The van der Waals surface area contributed by atoms with Crippen molar-refractivity contribution < 1.29 is 13.6 Å². The minimum Gasteiger partial charge on any atom is -0.341 e. The smallest absolute Gasteiger partial charge is 0.222 e. The minimum absolute atomic E-state index is 0.0980. The number of nitrogens with zero attached hydrogens (tertiary/aromatic N) is 1. The van der Waals surface area contributed by atoms with Gasteiger partial charge in [0.25, 0.3) is 0 Å². The predicted octanol–water partition coefficient (Wildman–Crippen LogP) is 1.66. The number of benzene rings is 1. The first-order valence-corrected chi connectivity index (χ1v) is 5.42. The van der Waals surface area contributed by atoms with E-state index in [1.165, 1.54) is 17.0 Å². The van der Waals surface area contributed by atoms with E-state index in [4.69, 9.17) is 5.73 Å². The molecule has 17 heavy (non-hydrogen) atoms. The molecule has 1 aromatic carbocycles. The Labute approximate surface area is 99.2 Å². The molecular weight excluding hydrogens is 226 g/mol. The molecule has 2 N–H and O–H groups in total. The first kappa shape index (κ1) is 13.6. The fraction of sp³-hybridized carbons (Fsp3) is 0.417. The van der Waals surface area contributed by atoms with Crippen molar-refractivity contribution in [3.8, 4) is 0 Å². The van der Waals surface area contributed by atoms with E-state index in [-0.39, 0.29) is 12.5 Å². The lowest BCUT2D eigenvalue weighted by molar-refractivity contribution is -0.130. The zero-order chi connectivity index (χ0) is 12.8. The number of carbonyl (C=O) groups is 1.